The third kappa shape index (κ3) is 2.63. The summed E-state index contributed by atoms with van der Waals surface area (Å²) in [6, 6.07) is 6.32. The average molecular weight is 326 g/mol. The average Bonchev–Trinajstić information content (AvgIpc) is 2.99. The molecule has 1 amide bonds. The van der Waals surface area contributed by atoms with Crippen molar-refractivity contribution in [2.24, 2.45) is 5.92 Å². The molecule has 1 aliphatic carbocycles. The molecule has 2 N–H and O–H groups in total. The summed E-state index contributed by atoms with van der Waals surface area (Å²) in [7, 11) is 0. The Morgan fingerprint density at radius 2 is 2.12 bits per heavy atom. The second-order valence-electron chi connectivity index (χ2n) is 7.48. The maximum Gasteiger partial charge on any atom is 0.254 e. The summed E-state index contributed by atoms with van der Waals surface area (Å²) < 4.78 is 0. The van der Waals surface area contributed by atoms with Crippen LogP contribution in [0.4, 0.5) is 0 Å². The molecule has 0 saturated carbocycles. The quantitative estimate of drug-likeness (QED) is 0.890. The molecule has 2 aliphatic rings. The van der Waals surface area contributed by atoms with Crippen LogP contribution in [-0.4, -0.2) is 40.1 Å². The van der Waals surface area contributed by atoms with Gasteiger partial charge in [-0.2, -0.15) is 0 Å². The summed E-state index contributed by atoms with van der Waals surface area (Å²) in [5, 5.41) is 10.7. The van der Waals surface area contributed by atoms with E-state index in [2.05, 4.69) is 24.0 Å². The summed E-state index contributed by atoms with van der Waals surface area (Å²) in [6.07, 6.45) is 6.69. The van der Waals surface area contributed by atoms with Gasteiger partial charge in [0.15, 0.2) is 0 Å². The number of benzene rings is 1. The van der Waals surface area contributed by atoms with Gasteiger partial charge in [-0.05, 0) is 75.1 Å². The molecule has 1 saturated heterocycles. The van der Waals surface area contributed by atoms with Crippen LogP contribution >= 0.6 is 0 Å². The molecule has 24 heavy (non-hydrogen) atoms. The first-order chi connectivity index (χ1) is 11.7. The molecule has 4 nitrogen and oxygen atoms in total. The van der Waals surface area contributed by atoms with Crippen LogP contribution in [0.1, 0.15) is 54.2 Å². The van der Waals surface area contributed by atoms with Gasteiger partial charge in [0.1, 0.15) is 0 Å². The zero-order valence-electron chi connectivity index (χ0n) is 14.3. The minimum absolute atomic E-state index is 0.105. The van der Waals surface area contributed by atoms with Crippen LogP contribution in [0.5, 0.6) is 0 Å². The van der Waals surface area contributed by atoms with E-state index >= 15 is 0 Å². The first kappa shape index (κ1) is 15.7. The molecule has 1 aromatic carbocycles. The highest BCUT2D eigenvalue weighted by molar-refractivity contribution is 5.99. The normalized spacial score (nSPS) is 24.2. The number of aliphatic hydroxyl groups is 1. The minimum atomic E-state index is 0.105. The van der Waals surface area contributed by atoms with Crippen molar-refractivity contribution in [1.82, 2.24) is 9.88 Å². The molecular weight excluding hydrogens is 300 g/mol. The van der Waals surface area contributed by atoms with E-state index in [0.29, 0.717) is 6.54 Å². The van der Waals surface area contributed by atoms with Crippen LogP contribution in [0, 0.1) is 5.92 Å². The molecule has 0 bridgehead atoms. The lowest BCUT2D eigenvalue weighted by Crippen LogP contribution is -2.46. The lowest BCUT2D eigenvalue weighted by Gasteiger charge is -2.37. The third-order valence-corrected chi connectivity index (χ3v) is 5.84. The Morgan fingerprint density at radius 3 is 2.96 bits per heavy atom. The number of aromatic amines is 1. The number of aromatic nitrogens is 1. The Balaban J connectivity index is 1.66. The molecule has 128 valence electrons. The Kier molecular flexibility index (Phi) is 4.09. The number of aryl methyl sites for hydroxylation is 2. The standard InChI is InChI=1S/C20H26N2O2/c1-13-6-7-14(12-23)11-22(13)20(24)15-8-9-19-17(10-15)16-4-2-3-5-18(16)21-19/h8-10,13-14,21,23H,2-7,11-12H2,1H3. The van der Waals surface area contributed by atoms with E-state index in [0.717, 1.165) is 36.8 Å². The fourth-order valence-corrected chi connectivity index (χ4v) is 4.32. The lowest BCUT2D eigenvalue weighted by molar-refractivity contribution is 0.0489. The Hall–Kier alpha value is -1.81. The monoisotopic (exact) mass is 326 g/mol. The van der Waals surface area contributed by atoms with Crippen molar-refractivity contribution in [1.29, 1.82) is 0 Å². The fraction of sp³-hybridized carbons (Fsp3) is 0.550. The maximum absolute atomic E-state index is 13.0. The molecule has 4 rings (SSSR count). The van der Waals surface area contributed by atoms with Gasteiger partial charge in [0.25, 0.3) is 5.91 Å². The Bertz CT molecular complexity index is 764. The lowest BCUT2D eigenvalue weighted by atomic mass is 9.92. The van der Waals surface area contributed by atoms with E-state index in [-0.39, 0.29) is 24.5 Å². The van der Waals surface area contributed by atoms with Crippen molar-refractivity contribution < 1.29 is 9.90 Å². The van der Waals surface area contributed by atoms with Gasteiger partial charge in [0.05, 0.1) is 0 Å². The number of likely N-dealkylation sites (tertiary alicyclic amines) is 1. The van der Waals surface area contributed by atoms with Gasteiger partial charge in [-0.15, -0.1) is 0 Å². The van der Waals surface area contributed by atoms with Gasteiger partial charge >= 0.3 is 0 Å². The van der Waals surface area contributed by atoms with Gasteiger partial charge < -0.3 is 15.0 Å². The molecule has 2 heterocycles. The molecule has 2 aromatic rings. The SMILES string of the molecule is CC1CCC(CO)CN1C(=O)c1ccc2[nH]c3c(c2c1)CCCC3. The van der Waals surface area contributed by atoms with Gasteiger partial charge in [0.2, 0.25) is 0 Å². The molecule has 0 radical (unpaired) electrons. The summed E-state index contributed by atoms with van der Waals surface area (Å²) >= 11 is 0. The highest BCUT2D eigenvalue weighted by atomic mass is 16.3. The van der Waals surface area contributed by atoms with E-state index in [1.54, 1.807) is 0 Å². The van der Waals surface area contributed by atoms with Crippen LogP contribution in [0.2, 0.25) is 0 Å². The van der Waals surface area contributed by atoms with Crippen molar-refractivity contribution >= 4 is 16.8 Å². The molecule has 1 aromatic heterocycles. The molecule has 4 heteroatoms. The second kappa shape index (κ2) is 6.25. The zero-order chi connectivity index (χ0) is 16.7. The van der Waals surface area contributed by atoms with E-state index in [9.17, 15) is 9.90 Å². The number of nitrogens with zero attached hydrogens (tertiary/aromatic N) is 1. The minimum Gasteiger partial charge on any atom is -0.396 e. The smallest absolute Gasteiger partial charge is 0.254 e. The highest BCUT2D eigenvalue weighted by Gasteiger charge is 2.29. The summed E-state index contributed by atoms with van der Waals surface area (Å²) in [6.45, 7) is 2.95. The fourth-order valence-electron chi connectivity index (χ4n) is 4.32. The predicted octanol–water partition coefficient (Wildman–Crippen LogP) is 3.28. The van der Waals surface area contributed by atoms with Gasteiger partial charge in [-0.1, -0.05) is 0 Å². The number of nitrogens with one attached hydrogen (secondary N) is 1. The Labute approximate surface area is 142 Å². The first-order valence-corrected chi connectivity index (χ1v) is 9.22. The third-order valence-electron chi connectivity index (χ3n) is 5.84. The van der Waals surface area contributed by atoms with E-state index in [1.807, 2.05) is 11.0 Å². The first-order valence-electron chi connectivity index (χ1n) is 9.22. The number of fused-ring (bicyclic) bond motifs is 3. The number of amides is 1. The molecule has 1 aliphatic heterocycles. The number of carbonyl (C=O) groups is 1. The summed E-state index contributed by atoms with van der Waals surface area (Å²) in [5.74, 6) is 0.321. The van der Waals surface area contributed by atoms with Crippen molar-refractivity contribution in [2.45, 2.75) is 51.5 Å². The number of hydrogen-bond donors (Lipinski definition) is 2. The van der Waals surface area contributed by atoms with Crippen LogP contribution < -0.4 is 0 Å². The number of carbonyl (C=O) groups excluding carboxylic acids is 1. The largest absolute Gasteiger partial charge is 0.396 e. The van der Waals surface area contributed by atoms with Gasteiger partial charge in [-0.25, -0.2) is 0 Å². The number of aliphatic hydroxyl groups excluding tert-OH is 1. The van der Waals surface area contributed by atoms with E-state index < -0.39 is 0 Å². The van der Waals surface area contributed by atoms with Crippen LogP contribution in [-0.2, 0) is 12.8 Å². The second-order valence-corrected chi connectivity index (χ2v) is 7.48. The molecule has 0 spiro atoms. The van der Waals surface area contributed by atoms with Crippen molar-refractivity contribution in [3.8, 4) is 0 Å². The van der Waals surface area contributed by atoms with E-state index in [1.165, 1.54) is 29.5 Å². The summed E-state index contributed by atoms with van der Waals surface area (Å²) in [5.41, 5.74) is 4.69. The van der Waals surface area contributed by atoms with Crippen molar-refractivity contribution in [3.63, 3.8) is 0 Å². The predicted molar refractivity (Wildman–Crippen MR) is 95.2 cm³/mol. The van der Waals surface area contributed by atoms with Gasteiger partial charge in [-0.3, -0.25) is 4.79 Å². The van der Waals surface area contributed by atoms with Crippen LogP contribution in [0.15, 0.2) is 18.2 Å². The number of hydrogen-bond acceptors (Lipinski definition) is 2. The topological polar surface area (TPSA) is 56.3 Å². The van der Waals surface area contributed by atoms with Crippen molar-refractivity contribution in [2.75, 3.05) is 13.2 Å². The Morgan fingerprint density at radius 1 is 1.29 bits per heavy atom. The van der Waals surface area contributed by atoms with Gasteiger partial charge in [0, 0.05) is 41.4 Å². The molecule has 2 unspecified atom stereocenters. The molecule has 2 atom stereocenters. The van der Waals surface area contributed by atoms with Crippen LogP contribution in [0.25, 0.3) is 10.9 Å². The molecule has 1 fully saturated rings. The van der Waals surface area contributed by atoms with Crippen molar-refractivity contribution in [3.05, 3.63) is 35.0 Å². The molecular formula is C20H26N2O2. The number of piperidine rings is 1. The number of rotatable bonds is 2. The highest BCUT2D eigenvalue weighted by Crippen LogP contribution is 2.31. The summed E-state index contributed by atoms with van der Waals surface area (Å²) in [4.78, 5) is 18.5. The van der Waals surface area contributed by atoms with E-state index in [4.69, 9.17) is 0 Å². The maximum atomic E-state index is 13.0. The number of H-pyrrole nitrogens is 1. The zero-order valence-corrected chi connectivity index (χ0v) is 14.3. The van der Waals surface area contributed by atoms with Crippen LogP contribution in [0.3, 0.4) is 0 Å².